The summed E-state index contributed by atoms with van der Waals surface area (Å²) in [6.07, 6.45) is 0. The number of nitro groups is 1. The Kier molecular flexibility index (Phi) is 5.93. The van der Waals surface area contributed by atoms with Crippen LogP contribution in [0.2, 0.25) is 5.02 Å². The van der Waals surface area contributed by atoms with Gasteiger partial charge in [0.2, 0.25) is 0 Å². The monoisotopic (exact) mass is 468 g/mol. The molecule has 1 atom stereocenters. The summed E-state index contributed by atoms with van der Waals surface area (Å²) >= 11 is 11.2. The number of rotatable bonds is 5. The van der Waals surface area contributed by atoms with Crippen LogP contribution in [0.1, 0.15) is 18.7 Å². The molecular formula is C22H17ClN4O4S. The lowest BCUT2D eigenvalue weighted by Crippen LogP contribution is -2.45. The van der Waals surface area contributed by atoms with E-state index in [0.29, 0.717) is 27.8 Å². The fourth-order valence-corrected chi connectivity index (χ4v) is 3.88. The summed E-state index contributed by atoms with van der Waals surface area (Å²) in [6.45, 7) is 1.74. The molecule has 2 heterocycles. The Morgan fingerprint density at radius 2 is 1.94 bits per heavy atom. The number of nitro benzene ring substituents is 1. The third-order valence-electron chi connectivity index (χ3n) is 4.88. The predicted octanol–water partition coefficient (Wildman–Crippen LogP) is 4.94. The number of anilines is 1. The predicted molar refractivity (Wildman–Crippen MR) is 125 cm³/mol. The molecule has 3 N–H and O–H groups in total. The standard InChI is InChI=1S/C22H17ClN4O4S/c1-12-19(21(28)25-14-5-3-2-4-6-14)20(26-22(32)24-12)18-10-9-17(31-18)15-8-7-13(23)11-16(15)27(29)30/h2-11,20H,1H3,(H,25,28)(H2,24,26,32)/t20-/m0/s1. The first-order valence-electron chi connectivity index (χ1n) is 9.52. The van der Waals surface area contributed by atoms with Crippen molar-refractivity contribution in [3.63, 3.8) is 0 Å². The zero-order valence-electron chi connectivity index (χ0n) is 16.7. The Morgan fingerprint density at radius 3 is 2.66 bits per heavy atom. The van der Waals surface area contributed by atoms with Crippen molar-refractivity contribution in [2.24, 2.45) is 0 Å². The van der Waals surface area contributed by atoms with E-state index in [-0.39, 0.29) is 27.9 Å². The number of thiocarbonyl (C=S) groups is 1. The van der Waals surface area contributed by atoms with Gasteiger partial charge in [-0.05, 0) is 55.5 Å². The first-order chi connectivity index (χ1) is 15.3. The van der Waals surface area contributed by atoms with Crippen LogP contribution in [-0.4, -0.2) is 15.9 Å². The topological polar surface area (TPSA) is 109 Å². The van der Waals surface area contributed by atoms with E-state index in [1.807, 2.05) is 18.2 Å². The van der Waals surface area contributed by atoms with Crippen LogP contribution in [0.3, 0.4) is 0 Å². The van der Waals surface area contributed by atoms with Crippen molar-refractivity contribution < 1.29 is 14.1 Å². The minimum atomic E-state index is -0.687. The van der Waals surface area contributed by atoms with Gasteiger partial charge in [-0.15, -0.1) is 0 Å². The Balaban J connectivity index is 1.70. The van der Waals surface area contributed by atoms with Crippen LogP contribution in [0.5, 0.6) is 0 Å². The molecule has 10 heteroatoms. The van der Waals surface area contributed by atoms with Crippen LogP contribution in [0, 0.1) is 10.1 Å². The summed E-state index contributed by atoms with van der Waals surface area (Å²) in [5.74, 6) is 0.317. The van der Waals surface area contributed by atoms with Crippen molar-refractivity contribution in [1.29, 1.82) is 0 Å². The maximum absolute atomic E-state index is 13.1. The molecule has 32 heavy (non-hydrogen) atoms. The summed E-state index contributed by atoms with van der Waals surface area (Å²) in [4.78, 5) is 24.0. The number of benzene rings is 2. The number of nitrogens with one attached hydrogen (secondary N) is 3. The fraction of sp³-hybridized carbons (Fsp3) is 0.0909. The minimum Gasteiger partial charge on any atom is -0.458 e. The number of furan rings is 1. The van der Waals surface area contributed by atoms with Crippen LogP contribution in [0.4, 0.5) is 11.4 Å². The number of allylic oxidation sites excluding steroid dienone is 1. The Labute approximate surface area is 193 Å². The van der Waals surface area contributed by atoms with E-state index in [2.05, 4.69) is 16.0 Å². The van der Waals surface area contributed by atoms with Gasteiger partial charge in [0.15, 0.2) is 5.11 Å². The normalized spacial score (nSPS) is 15.7. The second kappa shape index (κ2) is 8.81. The van der Waals surface area contributed by atoms with Crippen LogP contribution in [0.25, 0.3) is 11.3 Å². The SMILES string of the molecule is CC1=C(C(=O)Nc2ccccc2)[C@H](c2ccc(-c3ccc(Cl)cc3[N+](=O)[O-])o2)NC(=S)N1. The van der Waals surface area contributed by atoms with Gasteiger partial charge in [0, 0.05) is 22.5 Å². The Hall–Kier alpha value is -3.69. The molecule has 1 amide bonds. The van der Waals surface area contributed by atoms with Crippen LogP contribution < -0.4 is 16.0 Å². The van der Waals surface area contributed by atoms with Crippen molar-refractivity contribution in [1.82, 2.24) is 10.6 Å². The van der Waals surface area contributed by atoms with Gasteiger partial charge < -0.3 is 20.4 Å². The van der Waals surface area contributed by atoms with Gasteiger partial charge in [0.05, 0.1) is 16.1 Å². The number of para-hydroxylation sites is 1. The Morgan fingerprint density at radius 1 is 1.19 bits per heavy atom. The van der Waals surface area contributed by atoms with E-state index in [4.69, 9.17) is 28.2 Å². The zero-order valence-corrected chi connectivity index (χ0v) is 18.3. The molecular weight excluding hydrogens is 452 g/mol. The molecule has 162 valence electrons. The molecule has 1 aliphatic heterocycles. The first kappa shape index (κ1) is 21.5. The number of nitrogens with zero attached hydrogens (tertiary/aromatic N) is 1. The number of hydrogen-bond donors (Lipinski definition) is 3. The molecule has 8 nitrogen and oxygen atoms in total. The number of carbonyl (C=O) groups excluding carboxylic acids is 1. The van der Waals surface area contributed by atoms with Crippen molar-refractivity contribution in [2.75, 3.05) is 5.32 Å². The van der Waals surface area contributed by atoms with Gasteiger partial charge in [0.1, 0.15) is 17.6 Å². The first-order valence-corrected chi connectivity index (χ1v) is 10.3. The number of halogens is 1. The summed E-state index contributed by atoms with van der Waals surface area (Å²) in [5, 5.41) is 20.9. The van der Waals surface area contributed by atoms with Crippen LogP contribution in [-0.2, 0) is 4.79 Å². The minimum absolute atomic E-state index is 0.180. The lowest BCUT2D eigenvalue weighted by Gasteiger charge is -2.28. The largest absolute Gasteiger partial charge is 0.458 e. The highest BCUT2D eigenvalue weighted by Crippen LogP contribution is 2.36. The summed E-state index contributed by atoms with van der Waals surface area (Å²) in [6, 6.07) is 16.0. The zero-order chi connectivity index (χ0) is 22.8. The van der Waals surface area contributed by atoms with Gasteiger partial charge in [-0.25, -0.2) is 0 Å². The van der Waals surface area contributed by atoms with Crippen LogP contribution in [0.15, 0.2) is 76.4 Å². The maximum Gasteiger partial charge on any atom is 0.281 e. The van der Waals surface area contributed by atoms with Crippen molar-refractivity contribution in [2.45, 2.75) is 13.0 Å². The summed E-state index contributed by atoms with van der Waals surface area (Å²) in [5.41, 5.74) is 1.69. The van der Waals surface area contributed by atoms with Crippen LogP contribution >= 0.6 is 23.8 Å². The second-order valence-corrected chi connectivity index (χ2v) is 7.86. The third kappa shape index (κ3) is 4.34. The van der Waals surface area contributed by atoms with E-state index in [1.54, 1.807) is 37.3 Å². The lowest BCUT2D eigenvalue weighted by atomic mass is 10.00. The van der Waals surface area contributed by atoms with Gasteiger partial charge in [0.25, 0.3) is 11.6 Å². The van der Waals surface area contributed by atoms with Crippen molar-refractivity contribution in [3.05, 3.63) is 92.8 Å². The maximum atomic E-state index is 13.1. The molecule has 0 spiro atoms. The number of amides is 1. The molecule has 3 aromatic rings. The highest BCUT2D eigenvalue weighted by atomic mass is 35.5. The average molecular weight is 469 g/mol. The highest BCUT2D eigenvalue weighted by molar-refractivity contribution is 7.80. The fourth-order valence-electron chi connectivity index (χ4n) is 3.45. The summed E-state index contributed by atoms with van der Waals surface area (Å²) in [7, 11) is 0. The number of carbonyl (C=O) groups is 1. The molecule has 0 fully saturated rings. The molecule has 0 unspecified atom stereocenters. The van der Waals surface area contributed by atoms with E-state index < -0.39 is 11.0 Å². The second-order valence-electron chi connectivity index (χ2n) is 7.01. The van der Waals surface area contributed by atoms with E-state index in [0.717, 1.165) is 0 Å². The van der Waals surface area contributed by atoms with Gasteiger partial charge in [-0.2, -0.15) is 0 Å². The molecule has 0 bridgehead atoms. The summed E-state index contributed by atoms with van der Waals surface area (Å²) < 4.78 is 5.96. The lowest BCUT2D eigenvalue weighted by molar-refractivity contribution is -0.384. The molecule has 0 saturated carbocycles. The highest BCUT2D eigenvalue weighted by Gasteiger charge is 2.32. The van der Waals surface area contributed by atoms with E-state index >= 15 is 0 Å². The van der Waals surface area contributed by atoms with E-state index in [9.17, 15) is 14.9 Å². The molecule has 1 aliphatic rings. The quantitative estimate of drug-likeness (QED) is 0.276. The molecule has 2 aromatic carbocycles. The van der Waals surface area contributed by atoms with Gasteiger partial charge in [-0.1, -0.05) is 29.8 Å². The molecule has 4 rings (SSSR count). The molecule has 0 aliphatic carbocycles. The van der Waals surface area contributed by atoms with Gasteiger partial charge in [-0.3, -0.25) is 14.9 Å². The van der Waals surface area contributed by atoms with Crippen molar-refractivity contribution in [3.8, 4) is 11.3 Å². The molecule has 0 radical (unpaired) electrons. The smallest absolute Gasteiger partial charge is 0.281 e. The average Bonchev–Trinajstić information content (AvgIpc) is 3.23. The Bertz CT molecular complexity index is 1260. The third-order valence-corrected chi connectivity index (χ3v) is 5.33. The molecule has 1 aromatic heterocycles. The number of hydrogen-bond acceptors (Lipinski definition) is 5. The molecule has 0 saturated heterocycles. The van der Waals surface area contributed by atoms with Crippen molar-refractivity contribution >= 4 is 46.2 Å². The van der Waals surface area contributed by atoms with E-state index in [1.165, 1.54) is 12.1 Å². The van der Waals surface area contributed by atoms with Gasteiger partial charge >= 0.3 is 0 Å².